The molecule has 0 aliphatic rings. The van der Waals surface area contributed by atoms with Crippen molar-refractivity contribution in [3.63, 3.8) is 0 Å². The van der Waals surface area contributed by atoms with Gasteiger partial charge in [-0.2, -0.15) is 4.98 Å². The zero-order valence-corrected chi connectivity index (χ0v) is 11.9. The van der Waals surface area contributed by atoms with Crippen LogP contribution in [0.1, 0.15) is 31.1 Å². The molecule has 0 fully saturated rings. The molecule has 0 aliphatic heterocycles. The third-order valence-electron chi connectivity index (χ3n) is 3.23. The van der Waals surface area contributed by atoms with Gasteiger partial charge in [0.25, 0.3) is 0 Å². The molecule has 1 aromatic carbocycles. The Bertz CT molecular complexity index is 511. The lowest BCUT2D eigenvalue weighted by atomic mass is 10.1. The van der Waals surface area contributed by atoms with E-state index >= 15 is 0 Å². The van der Waals surface area contributed by atoms with Crippen molar-refractivity contribution in [2.24, 2.45) is 5.92 Å². The van der Waals surface area contributed by atoms with Gasteiger partial charge >= 0.3 is 0 Å². The van der Waals surface area contributed by atoms with E-state index in [1.165, 1.54) is 0 Å². The van der Waals surface area contributed by atoms with Gasteiger partial charge in [-0.25, -0.2) is 0 Å². The standard InChI is InChI=1S/C15H21N3O2/c1-11(2)13(10-19)16-9-15-17-14(18-20-15)8-12-6-4-3-5-7-12/h3-7,11,13,16,19H,8-10H2,1-2H3. The Morgan fingerprint density at radius 2 is 2.00 bits per heavy atom. The van der Waals surface area contributed by atoms with E-state index < -0.39 is 0 Å². The van der Waals surface area contributed by atoms with E-state index in [1.54, 1.807) is 0 Å². The molecule has 0 spiro atoms. The average Bonchev–Trinajstić information content (AvgIpc) is 2.88. The SMILES string of the molecule is CC(C)C(CO)NCc1nc(Cc2ccccc2)no1. The Labute approximate surface area is 119 Å². The van der Waals surface area contributed by atoms with Gasteiger partial charge in [-0.1, -0.05) is 49.3 Å². The summed E-state index contributed by atoms with van der Waals surface area (Å²) in [5, 5.41) is 16.4. The summed E-state index contributed by atoms with van der Waals surface area (Å²) in [5.41, 5.74) is 1.16. The largest absolute Gasteiger partial charge is 0.395 e. The number of aliphatic hydroxyl groups excluding tert-OH is 1. The molecule has 0 aliphatic carbocycles. The Morgan fingerprint density at radius 1 is 1.25 bits per heavy atom. The highest BCUT2D eigenvalue weighted by Gasteiger charge is 2.13. The number of hydrogen-bond acceptors (Lipinski definition) is 5. The van der Waals surface area contributed by atoms with Crippen LogP contribution in [0.5, 0.6) is 0 Å². The van der Waals surface area contributed by atoms with Crippen molar-refractivity contribution in [1.82, 2.24) is 15.5 Å². The van der Waals surface area contributed by atoms with E-state index in [0.717, 1.165) is 5.56 Å². The maximum atomic E-state index is 9.25. The molecule has 0 amide bonds. The fourth-order valence-corrected chi connectivity index (χ4v) is 1.94. The summed E-state index contributed by atoms with van der Waals surface area (Å²) >= 11 is 0. The molecule has 1 atom stereocenters. The van der Waals surface area contributed by atoms with Gasteiger partial charge in [0.1, 0.15) is 0 Å². The minimum absolute atomic E-state index is 0.0412. The quantitative estimate of drug-likeness (QED) is 0.805. The molecule has 1 unspecified atom stereocenters. The number of rotatable bonds is 7. The van der Waals surface area contributed by atoms with Gasteiger partial charge in [0, 0.05) is 12.5 Å². The molecule has 1 heterocycles. The van der Waals surface area contributed by atoms with Crippen molar-refractivity contribution >= 4 is 0 Å². The van der Waals surface area contributed by atoms with Crippen LogP contribution in [0.2, 0.25) is 0 Å². The first-order valence-electron chi connectivity index (χ1n) is 6.88. The highest BCUT2D eigenvalue weighted by atomic mass is 16.5. The first kappa shape index (κ1) is 14.7. The van der Waals surface area contributed by atoms with E-state index in [2.05, 4.69) is 29.3 Å². The van der Waals surface area contributed by atoms with Crippen LogP contribution < -0.4 is 5.32 Å². The Kier molecular flexibility index (Phi) is 5.26. The van der Waals surface area contributed by atoms with Gasteiger partial charge in [-0.15, -0.1) is 0 Å². The summed E-state index contributed by atoms with van der Waals surface area (Å²) < 4.78 is 5.21. The summed E-state index contributed by atoms with van der Waals surface area (Å²) in [6.45, 7) is 4.69. The van der Waals surface area contributed by atoms with E-state index in [4.69, 9.17) is 4.52 Å². The molecule has 0 bridgehead atoms. The van der Waals surface area contributed by atoms with Crippen LogP contribution in [0.4, 0.5) is 0 Å². The Balaban J connectivity index is 1.89. The minimum atomic E-state index is 0.0412. The lowest BCUT2D eigenvalue weighted by Gasteiger charge is -2.18. The molecular formula is C15H21N3O2. The second-order valence-corrected chi connectivity index (χ2v) is 5.18. The summed E-state index contributed by atoms with van der Waals surface area (Å²) in [7, 11) is 0. The maximum absolute atomic E-state index is 9.25. The number of aliphatic hydroxyl groups is 1. The van der Waals surface area contributed by atoms with Crippen molar-refractivity contribution < 1.29 is 9.63 Å². The summed E-state index contributed by atoms with van der Waals surface area (Å²) in [6, 6.07) is 10.1. The Hall–Kier alpha value is -1.72. The van der Waals surface area contributed by atoms with Crippen LogP contribution in [-0.4, -0.2) is 27.9 Å². The van der Waals surface area contributed by atoms with E-state index in [9.17, 15) is 5.11 Å². The molecule has 20 heavy (non-hydrogen) atoms. The monoisotopic (exact) mass is 275 g/mol. The zero-order valence-electron chi connectivity index (χ0n) is 11.9. The predicted molar refractivity (Wildman–Crippen MR) is 76.1 cm³/mol. The molecule has 2 rings (SSSR count). The average molecular weight is 275 g/mol. The van der Waals surface area contributed by atoms with Crippen LogP contribution in [0, 0.1) is 5.92 Å². The third kappa shape index (κ3) is 4.15. The van der Waals surface area contributed by atoms with Gasteiger partial charge < -0.3 is 14.9 Å². The van der Waals surface area contributed by atoms with E-state index in [-0.39, 0.29) is 12.6 Å². The molecule has 5 nitrogen and oxygen atoms in total. The van der Waals surface area contributed by atoms with E-state index in [0.29, 0.717) is 30.6 Å². The van der Waals surface area contributed by atoms with Gasteiger partial charge in [0.15, 0.2) is 5.82 Å². The highest BCUT2D eigenvalue weighted by molar-refractivity contribution is 5.18. The van der Waals surface area contributed by atoms with Gasteiger partial charge in [0.05, 0.1) is 13.2 Å². The maximum Gasteiger partial charge on any atom is 0.240 e. The van der Waals surface area contributed by atoms with E-state index in [1.807, 2.05) is 30.3 Å². The van der Waals surface area contributed by atoms with Crippen LogP contribution in [-0.2, 0) is 13.0 Å². The van der Waals surface area contributed by atoms with Crippen molar-refractivity contribution in [3.8, 4) is 0 Å². The van der Waals surface area contributed by atoms with Gasteiger partial charge in [-0.3, -0.25) is 0 Å². The van der Waals surface area contributed by atoms with Crippen molar-refractivity contribution in [2.45, 2.75) is 32.9 Å². The summed E-state index contributed by atoms with van der Waals surface area (Å²) in [6.07, 6.45) is 0.665. The second-order valence-electron chi connectivity index (χ2n) is 5.18. The molecular weight excluding hydrogens is 254 g/mol. The number of nitrogens with one attached hydrogen (secondary N) is 1. The normalized spacial score (nSPS) is 12.8. The molecule has 5 heteroatoms. The number of nitrogens with zero attached hydrogens (tertiary/aromatic N) is 2. The summed E-state index contributed by atoms with van der Waals surface area (Å²) in [5.74, 6) is 1.58. The Morgan fingerprint density at radius 3 is 2.65 bits per heavy atom. The lowest BCUT2D eigenvalue weighted by molar-refractivity contribution is 0.205. The zero-order chi connectivity index (χ0) is 14.4. The molecule has 2 aromatic rings. The number of aromatic nitrogens is 2. The van der Waals surface area contributed by atoms with Gasteiger partial charge in [-0.05, 0) is 11.5 Å². The second kappa shape index (κ2) is 7.17. The fourth-order valence-electron chi connectivity index (χ4n) is 1.94. The van der Waals surface area contributed by atoms with Crippen LogP contribution in [0.25, 0.3) is 0 Å². The molecule has 2 N–H and O–H groups in total. The third-order valence-corrected chi connectivity index (χ3v) is 3.23. The smallest absolute Gasteiger partial charge is 0.240 e. The molecule has 108 valence electrons. The number of hydrogen-bond donors (Lipinski definition) is 2. The van der Waals surface area contributed by atoms with Gasteiger partial charge in [0.2, 0.25) is 5.89 Å². The highest BCUT2D eigenvalue weighted by Crippen LogP contribution is 2.07. The van der Waals surface area contributed by atoms with Crippen LogP contribution in [0.3, 0.4) is 0 Å². The molecule has 0 saturated carbocycles. The summed E-state index contributed by atoms with van der Waals surface area (Å²) in [4.78, 5) is 4.35. The number of benzene rings is 1. The molecule has 0 radical (unpaired) electrons. The van der Waals surface area contributed by atoms with Crippen molar-refractivity contribution in [1.29, 1.82) is 0 Å². The van der Waals surface area contributed by atoms with Crippen molar-refractivity contribution in [2.75, 3.05) is 6.61 Å². The van der Waals surface area contributed by atoms with Crippen molar-refractivity contribution in [3.05, 3.63) is 47.6 Å². The van der Waals surface area contributed by atoms with Crippen LogP contribution in [0.15, 0.2) is 34.9 Å². The lowest BCUT2D eigenvalue weighted by Crippen LogP contribution is -2.36. The fraction of sp³-hybridized carbons (Fsp3) is 0.467. The molecule has 1 aromatic heterocycles. The van der Waals surface area contributed by atoms with Crippen LogP contribution >= 0.6 is 0 Å². The topological polar surface area (TPSA) is 71.2 Å². The first-order valence-corrected chi connectivity index (χ1v) is 6.88. The predicted octanol–water partition coefficient (Wildman–Crippen LogP) is 1.77. The molecule has 0 saturated heterocycles. The minimum Gasteiger partial charge on any atom is -0.395 e. The first-order chi connectivity index (χ1) is 9.69.